The van der Waals surface area contributed by atoms with Gasteiger partial charge in [-0.05, 0) is 31.7 Å². The van der Waals surface area contributed by atoms with Crippen molar-refractivity contribution in [1.29, 1.82) is 0 Å². The fourth-order valence-corrected chi connectivity index (χ4v) is 2.65. The van der Waals surface area contributed by atoms with Gasteiger partial charge in [-0.25, -0.2) is 13.1 Å². The van der Waals surface area contributed by atoms with E-state index in [4.69, 9.17) is 0 Å². The van der Waals surface area contributed by atoms with Gasteiger partial charge in [-0.1, -0.05) is 30.3 Å². The van der Waals surface area contributed by atoms with Crippen LogP contribution in [0, 0.1) is 0 Å². The molecule has 1 aromatic rings. The van der Waals surface area contributed by atoms with Crippen LogP contribution in [0.5, 0.6) is 0 Å². The van der Waals surface area contributed by atoms with E-state index in [-0.39, 0.29) is 5.75 Å². The summed E-state index contributed by atoms with van der Waals surface area (Å²) in [7, 11) is -1.36. The molecule has 0 amide bonds. The Kier molecular flexibility index (Phi) is 9.31. The minimum Gasteiger partial charge on any atom is -0.356 e. The number of hydrogen-bond donors (Lipinski definition) is 3. The Morgan fingerprint density at radius 3 is 2.30 bits per heavy atom. The van der Waals surface area contributed by atoms with E-state index < -0.39 is 10.0 Å². The van der Waals surface area contributed by atoms with Crippen molar-refractivity contribution in [2.24, 2.45) is 4.99 Å². The SMILES string of the molecule is CCS(=O)(=O)NCCCNC(=NC)NCCCc1ccccc1. The summed E-state index contributed by atoms with van der Waals surface area (Å²) < 4.78 is 25.1. The zero-order chi connectivity index (χ0) is 17.0. The van der Waals surface area contributed by atoms with Crippen LogP contribution >= 0.6 is 0 Å². The summed E-state index contributed by atoms with van der Waals surface area (Å²) in [6, 6.07) is 10.4. The van der Waals surface area contributed by atoms with Crippen molar-refractivity contribution in [2.45, 2.75) is 26.2 Å². The highest BCUT2D eigenvalue weighted by Crippen LogP contribution is 2.01. The number of nitrogens with one attached hydrogen (secondary N) is 3. The van der Waals surface area contributed by atoms with E-state index in [2.05, 4.69) is 44.6 Å². The van der Waals surface area contributed by atoms with Crippen molar-refractivity contribution in [3.63, 3.8) is 0 Å². The maximum Gasteiger partial charge on any atom is 0.211 e. The van der Waals surface area contributed by atoms with Crippen LogP contribution in [0.1, 0.15) is 25.3 Å². The van der Waals surface area contributed by atoms with Gasteiger partial charge in [0, 0.05) is 26.7 Å². The highest BCUT2D eigenvalue weighted by Gasteiger charge is 2.04. The number of aryl methyl sites for hydroxylation is 1. The summed E-state index contributed by atoms with van der Waals surface area (Å²) in [5.41, 5.74) is 1.33. The molecular formula is C16H28N4O2S. The molecule has 7 heteroatoms. The van der Waals surface area contributed by atoms with Gasteiger partial charge in [-0.3, -0.25) is 4.99 Å². The van der Waals surface area contributed by atoms with Crippen LogP contribution in [-0.2, 0) is 16.4 Å². The normalized spacial score (nSPS) is 12.2. The third kappa shape index (κ3) is 9.20. The Balaban J connectivity index is 2.10. The number of rotatable bonds is 10. The van der Waals surface area contributed by atoms with Crippen molar-refractivity contribution < 1.29 is 8.42 Å². The van der Waals surface area contributed by atoms with Crippen LogP contribution in [0.4, 0.5) is 0 Å². The van der Waals surface area contributed by atoms with Crippen molar-refractivity contribution in [2.75, 3.05) is 32.4 Å². The van der Waals surface area contributed by atoms with E-state index in [1.807, 2.05) is 6.07 Å². The van der Waals surface area contributed by atoms with E-state index in [0.717, 1.165) is 25.3 Å². The van der Waals surface area contributed by atoms with Crippen LogP contribution in [0.25, 0.3) is 0 Å². The fraction of sp³-hybridized carbons (Fsp3) is 0.562. The lowest BCUT2D eigenvalue weighted by molar-refractivity contribution is 0.579. The molecule has 0 aliphatic carbocycles. The van der Waals surface area contributed by atoms with E-state index in [1.165, 1.54) is 5.56 Å². The molecule has 0 saturated heterocycles. The van der Waals surface area contributed by atoms with Crippen molar-refractivity contribution in [3.05, 3.63) is 35.9 Å². The second kappa shape index (κ2) is 11.0. The summed E-state index contributed by atoms with van der Waals surface area (Å²) in [6.07, 6.45) is 2.77. The predicted octanol–water partition coefficient (Wildman–Crippen LogP) is 1.11. The molecule has 0 saturated carbocycles. The van der Waals surface area contributed by atoms with E-state index >= 15 is 0 Å². The summed E-state index contributed by atoms with van der Waals surface area (Å²) in [5.74, 6) is 0.863. The van der Waals surface area contributed by atoms with Gasteiger partial charge < -0.3 is 10.6 Å². The molecule has 130 valence electrons. The van der Waals surface area contributed by atoms with Gasteiger partial charge in [0.05, 0.1) is 5.75 Å². The minimum atomic E-state index is -3.09. The predicted molar refractivity (Wildman–Crippen MR) is 96.2 cm³/mol. The molecule has 1 rings (SSSR count). The highest BCUT2D eigenvalue weighted by molar-refractivity contribution is 7.89. The largest absolute Gasteiger partial charge is 0.356 e. The Morgan fingerprint density at radius 1 is 1.04 bits per heavy atom. The van der Waals surface area contributed by atoms with Gasteiger partial charge in [0.1, 0.15) is 0 Å². The molecule has 0 aliphatic heterocycles. The van der Waals surface area contributed by atoms with Crippen LogP contribution in [-0.4, -0.2) is 46.8 Å². The maximum atomic E-state index is 11.3. The summed E-state index contributed by atoms with van der Waals surface area (Å²) in [5, 5.41) is 6.43. The second-order valence-corrected chi connectivity index (χ2v) is 7.26. The second-order valence-electron chi connectivity index (χ2n) is 5.17. The molecule has 3 N–H and O–H groups in total. The molecular weight excluding hydrogens is 312 g/mol. The zero-order valence-electron chi connectivity index (χ0n) is 14.0. The summed E-state index contributed by atoms with van der Waals surface area (Å²) in [4.78, 5) is 4.15. The van der Waals surface area contributed by atoms with Gasteiger partial charge in [0.25, 0.3) is 0 Å². The lowest BCUT2D eigenvalue weighted by atomic mass is 10.1. The first-order valence-electron chi connectivity index (χ1n) is 8.03. The molecule has 0 aromatic heterocycles. The number of hydrogen-bond acceptors (Lipinski definition) is 3. The van der Waals surface area contributed by atoms with Crippen molar-refractivity contribution in [1.82, 2.24) is 15.4 Å². The van der Waals surface area contributed by atoms with Gasteiger partial charge >= 0.3 is 0 Å². The van der Waals surface area contributed by atoms with Crippen LogP contribution in [0.2, 0.25) is 0 Å². The monoisotopic (exact) mass is 340 g/mol. The average molecular weight is 340 g/mol. The van der Waals surface area contributed by atoms with Gasteiger partial charge in [0.2, 0.25) is 10.0 Å². The van der Waals surface area contributed by atoms with Crippen molar-refractivity contribution in [3.8, 4) is 0 Å². The Hall–Kier alpha value is -1.60. The number of aliphatic imine (C=N–C) groups is 1. The standard InChI is InChI=1S/C16H28N4O2S/c1-3-23(21,22)20-14-8-13-19-16(17-2)18-12-7-11-15-9-5-4-6-10-15/h4-6,9-10,20H,3,7-8,11-14H2,1-2H3,(H2,17,18,19). The Labute approximate surface area is 139 Å². The van der Waals surface area contributed by atoms with Gasteiger partial charge in [-0.2, -0.15) is 0 Å². The van der Waals surface area contributed by atoms with E-state index in [1.54, 1.807) is 14.0 Å². The molecule has 0 fully saturated rings. The average Bonchev–Trinajstić information content (AvgIpc) is 2.57. The maximum absolute atomic E-state index is 11.3. The zero-order valence-corrected chi connectivity index (χ0v) is 14.8. The van der Waals surface area contributed by atoms with Gasteiger partial charge in [0.15, 0.2) is 5.96 Å². The minimum absolute atomic E-state index is 0.116. The topological polar surface area (TPSA) is 82.6 Å². The van der Waals surface area contributed by atoms with E-state index in [0.29, 0.717) is 19.5 Å². The molecule has 0 radical (unpaired) electrons. The third-order valence-corrected chi connectivity index (χ3v) is 4.75. The first-order chi connectivity index (χ1) is 11.1. The molecule has 0 bridgehead atoms. The first-order valence-corrected chi connectivity index (χ1v) is 9.68. The summed E-state index contributed by atoms with van der Waals surface area (Å²) >= 11 is 0. The van der Waals surface area contributed by atoms with Crippen LogP contribution < -0.4 is 15.4 Å². The lowest BCUT2D eigenvalue weighted by Crippen LogP contribution is -2.39. The molecule has 0 unspecified atom stereocenters. The lowest BCUT2D eigenvalue weighted by Gasteiger charge is -2.12. The highest BCUT2D eigenvalue weighted by atomic mass is 32.2. The molecule has 23 heavy (non-hydrogen) atoms. The number of sulfonamides is 1. The van der Waals surface area contributed by atoms with Crippen LogP contribution in [0.15, 0.2) is 35.3 Å². The third-order valence-electron chi connectivity index (χ3n) is 3.35. The molecule has 0 aliphatic rings. The van der Waals surface area contributed by atoms with E-state index in [9.17, 15) is 8.42 Å². The molecule has 1 aromatic carbocycles. The fourth-order valence-electron chi connectivity index (χ4n) is 1.99. The first kappa shape index (κ1) is 19.4. The number of benzene rings is 1. The molecule has 0 heterocycles. The quantitative estimate of drug-likeness (QED) is 0.339. The molecule has 6 nitrogen and oxygen atoms in total. The molecule has 0 atom stereocenters. The Morgan fingerprint density at radius 2 is 1.70 bits per heavy atom. The van der Waals surface area contributed by atoms with Crippen LogP contribution in [0.3, 0.4) is 0 Å². The number of nitrogens with zero attached hydrogens (tertiary/aromatic N) is 1. The van der Waals surface area contributed by atoms with Gasteiger partial charge in [-0.15, -0.1) is 0 Å². The summed E-state index contributed by atoms with van der Waals surface area (Å²) in [6.45, 7) is 3.58. The van der Waals surface area contributed by atoms with Crippen molar-refractivity contribution >= 4 is 16.0 Å². The number of guanidine groups is 1. The Bertz CT molecular complexity index is 559. The smallest absolute Gasteiger partial charge is 0.211 e. The molecule has 0 spiro atoms.